The molecule has 26 heavy (non-hydrogen) atoms. The SMILES string of the molecule is COC(=O)c1c(NC(=S)NCCCc2ccccc2)sc2c1CCCC2. The Balaban J connectivity index is 1.57. The van der Waals surface area contributed by atoms with Gasteiger partial charge in [0, 0.05) is 11.4 Å². The van der Waals surface area contributed by atoms with Gasteiger partial charge in [0.15, 0.2) is 5.11 Å². The molecule has 1 aromatic carbocycles. The van der Waals surface area contributed by atoms with Crippen molar-refractivity contribution >= 4 is 39.6 Å². The van der Waals surface area contributed by atoms with E-state index in [-0.39, 0.29) is 5.97 Å². The predicted molar refractivity (Wildman–Crippen MR) is 111 cm³/mol. The van der Waals surface area contributed by atoms with Crippen molar-refractivity contribution in [2.24, 2.45) is 0 Å². The zero-order valence-corrected chi connectivity index (χ0v) is 16.6. The van der Waals surface area contributed by atoms with Crippen molar-refractivity contribution in [3.05, 3.63) is 51.9 Å². The molecule has 0 saturated carbocycles. The van der Waals surface area contributed by atoms with Crippen molar-refractivity contribution < 1.29 is 9.53 Å². The number of benzene rings is 1. The summed E-state index contributed by atoms with van der Waals surface area (Å²) in [5.41, 5.74) is 3.13. The van der Waals surface area contributed by atoms with Crippen LogP contribution in [0.25, 0.3) is 0 Å². The van der Waals surface area contributed by atoms with Gasteiger partial charge in [0.1, 0.15) is 5.00 Å². The van der Waals surface area contributed by atoms with E-state index in [4.69, 9.17) is 17.0 Å². The van der Waals surface area contributed by atoms with Crippen molar-refractivity contribution in [1.82, 2.24) is 5.32 Å². The fourth-order valence-corrected chi connectivity index (χ4v) is 4.81. The number of thiocarbonyl (C=S) groups is 1. The zero-order valence-electron chi connectivity index (χ0n) is 15.0. The van der Waals surface area contributed by atoms with E-state index in [9.17, 15) is 4.79 Å². The summed E-state index contributed by atoms with van der Waals surface area (Å²) in [5, 5.41) is 7.83. The van der Waals surface area contributed by atoms with Crippen LogP contribution >= 0.6 is 23.6 Å². The summed E-state index contributed by atoms with van der Waals surface area (Å²) in [6.45, 7) is 0.791. The first kappa shape index (κ1) is 18.9. The van der Waals surface area contributed by atoms with Gasteiger partial charge in [-0.2, -0.15) is 0 Å². The second kappa shape index (κ2) is 9.14. The van der Waals surface area contributed by atoms with E-state index >= 15 is 0 Å². The Bertz CT molecular complexity index is 772. The van der Waals surface area contributed by atoms with Crippen molar-refractivity contribution in [2.75, 3.05) is 19.0 Å². The van der Waals surface area contributed by atoms with Crippen LogP contribution in [0.4, 0.5) is 5.00 Å². The minimum absolute atomic E-state index is 0.279. The van der Waals surface area contributed by atoms with Crippen LogP contribution in [-0.4, -0.2) is 24.7 Å². The number of hydrogen-bond acceptors (Lipinski definition) is 4. The van der Waals surface area contributed by atoms with Gasteiger partial charge in [0.05, 0.1) is 12.7 Å². The quantitative estimate of drug-likeness (QED) is 0.438. The summed E-state index contributed by atoms with van der Waals surface area (Å²) >= 11 is 7.05. The van der Waals surface area contributed by atoms with E-state index in [0.29, 0.717) is 10.7 Å². The van der Waals surface area contributed by atoms with Crippen LogP contribution in [0.2, 0.25) is 0 Å². The molecule has 138 valence electrons. The average Bonchev–Trinajstić information content (AvgIpc) is 3.03. The number of hydrogen-bond donors (Lipinski definition) is 2. The topological polar surface area (TPSA) is 50.4 Å². The van der Waals surface area contributed by atoms with Gasteiger partial charge in [-0.05, 0) is 61.9 Å². The lowest BCUT2D eigenvalue weighted by molar-refractivity contribution is 0.0601. The highest BCUT2D eigenvalue weighted by atomic mass is 32.1. The molecule has 0 saturated heterocycles. The third-order valence-corrected chi connectivity index (χ3v) is 6.01. The summed E-state index contributed by atoms with van der Waals surface area (Å²) in [4.78, 5) is 13.5. The van der Waals surface area contributed by atoms with Gasteiger partial charge in [0.2, 0.25) is 0 Å². The third-order valence-electron chi connectivity index (χ3n) is 4.56. The Kier molecular flexibility index (Phi) is 6.63. The molecule has 0 atom stereocenters. The van der Waals surface area contributed by atoms with Crippen LogP contribution < -0.4 is 10.6 Å². The van der Waals surface area contributed by atoms with E-state index in [1.54, 1.807) is 11.3 Å². The summed E-state index contributed by atoms with van der Waals surface area (Å²) in [7, 11) is 1.43. The van der Waals surface area contributed by atoms with E-state index in [0.717, 1.165) is 49.2 Å². The molecule has 0 bridgehead atoms. The molecule has 3 rings (SSSR count). The third kappa shape index (κ3) is 4.62. The van der Waals surface area contributed by atoms with Crippen LogP contribution in [0.3, 0.4) is 0 Å². The number of fused-ring (bicyclic) bond motifs is 1. The molecular formula is C20H24N2O2S2. The highest BCUT2D eigenvalue weighted by Gasteiger charge is 2.26. The van der Waals surface area contributed by atoms with Crippen molar-refractivity contribution in [1.29, 1.82) is 0 Å². The number of ether oxygens (including phenoxy) is 1. The first-order valence-electron chi connectivity index (χ1n) is 9.00. The molecule has 0 fully saturated rings. The van der Waals surface area contributed by atoms with E-state index in [2.05, 4.69) is 34.9 Å². The van der Waals surface area contributed by atoms with E-state index in [1.807, 2.05) is 6.07 Å². The number of esters is 1. The Morgan fingerprint density at radius 2 is 2.00 bits per heavy atom. The maximum absolute atomic E-state index is 12.2. The molecule has 0 amide bonds. The highest BCUT2D eigenvalue weighted by molar-refractivity contribution is 7.80. The fourth-order valence-electron chi connectivity index (χ4n) is 3.26. The predicted octanol–water partition coefficient (Wildman–Crippen LogP) is 4.33. The summed E-state index contributed by atoms with van der Waals surface area (Å²) in [5.74, 6) is -0.279. The Hall–Kier alpha value is -1.92. The largest absolute Gasteiger partial charge is 0.465 e. The summed E-state index contributed by atoms with van der Waals surface area (Å²) < 4.78 is 4.99. The minimum atomic E-state index is -0.279. The first-order chi connectivity index (χ1) is 12.7. The Labute approximate surface area is 164 Å². The molecule has 2 aromatic rings. The number of methoxy groups -OCH3 is 1. The smallest absolute Gasteiger partial charge is 0.341 e. The number of rotatable bonds is 6. The Morgan fingerprint density at radius 3 is 2.77 bits per heavy atom. The van der Waals surface area contributed by atoms with Gasteiger partial charge in [0.25, 0.3) is 0 Å². The summed E-state index contributed by atoms with van der Waals surface area (Å²) in [6, 6.07) is 10.4. The van der Waals surface area contributed by atoms with Crippen LogP contribution in [0.15, 0.2) is 30.3 Å². The molecule has 0 radical (unpaired) electrons. The second-order valence-corrected chi connectivity index (χ2v) is 7.89. The van der Waals surface area contributed by atoms with Crippen molar-refractivity contribution in [3.8, 4) is 0 Å². The van der Waals surface area contributed by atoms with Gasteiger partial charge >= 0.3 is 5.97 Å². The van der Waals surface area contributed by atoms with Gasteiger partial charge in [-0.3, -0.25) is 0 Å². The average molecular weight is 389 g/mol. The molecule has 0 unspecified atom stereocenters. The monoisotopic (exact) mass is 388 g/mol. The number of carbonyl (C=O) groups excluding carboxylic acids is 1. The number of thiophene rings is 1. The molecule has 4 nitrogen and oxygen atoms in total. The van der Waals surface area contributed by atoms with Gasteiger partial charge in [-0.25, -0.2) is 4.79 Å². The van der Waals surface area contributed by atoms with Crippen LogP contribution in [0.5, 0.6) is 0 Å². The zero-order chi connectivity index (χ0) is 18.4. The van der Waals surface area contributed by atoms with Crippen molar-refractivity contribution in [3.63, 3.8) is 0 Å². The van der Waals surface area contributed by atoms with E-state index < -0.39 is 0 Å². The fraction of sp³-hybridized carbons (Fsp3) is 0.400. The minimum Gasteiger partial charge on any atom is -0.465 e. The second-order valence-electron chi connectivity index (χ2n) is 6.38. The maximum atomic E-state index is 12.2. The number of anilines is 1. The highest BCUT2D eigenvalue weighted by Crippen LogP contribution is 2.38. The summed E-state index contributed by atoms with van der Waals surface area (Å²) in [6.07, 6.45) is 6.27. The lowest BCUT2D eigenvalue weighted by Crippen LogP contribution is -2.29. The molecular weight excluding hydrogens is 364 g/mol. The molecule has 1 aliphatic carbocycles. The number of carbonyl (C=O) groups is 1. The van der Waals surface area contributed by atoms with Crippen molar-refractivity contribution in [2.45, 2.75) is 38.5 Å². The van der Waals surface area contributed by atoms with Gasteiger partial charge in [-0.15, -0.1) is 11.3 Å². The van der Waals surface area contributed by atoms with E-state index in [1.165, 1.54) is 24.0 Å². The lowest BCUT2D eigenvalue weighted by Gasteiger charge is -2.12. The molecule has 1 heterocycles. The molecule has 1 aliphatic rings. The first-order valence-corrected chi connectivity index (χ1v) is 10.2. The molecule has 6 heteroatoms. The van der Waals surface area contributed by atoms with Gasteiger partial charge < -0.3 is 15.4 Å². The van der Waals surface area contributed by atoms with Gasteiger partial charge in [-0.1, -0.05) is 30.3 Å². The normalized spacial score (nSPS) is 13.0. The Morgan fingerprint density at radius 1 is 1.23 bits per heavy atom. The lowest BCUT2D eigenvalue weighted by atomic mass is 9.95. The standard InChI is InChI=1S/C20H24N2O2S2/c1-24-19(23)17-15-11-5-6-12-16(15)26-18(17)22-20(25)21-13-7-10-14-8-3-2-4-9-14/h2-4,8-9H,5-7,10-13H2,1H3,(H2,21,22,25). The van der Waals surface area contributed by atoms with Crippen LogP contribution in [0, 0.1) is 0 Å². The maximum Gasteiger partial charge on any atom is 0.341 e. The molecule has 0 spiro atoms. The van der Waals surface area contributed by atoms with Crippen LogP contribution in [-0.2, 0) is 24.0 Å². The molecule has 1 aromatic heterocycles. The molecule has 2 N–H and O–H groups in total. The van der Waals surface area contributed by atoms with Crippen LogP contribution in [0.1, 0.15) is 45.6 Å². The number of nitrogens with one attached hydrogen (secondary N) is 2. The molecule has 0 aliphatic heterocycles. The number of aryl methyl sites for hydroxylation is 2.